The van der Waals surface area contributed by atoms with Crippen LogP contribution in [0.1, 0.15) is 6.42 Å². The molecule has 1 aromatic rings. The molecule has 92 valence electrons. The smallest absolute Gasteiger partial charge is 0.313 e. The van der Waals surface area contributed by atoms with Crippen LogP contribution in [-0.2, 0) is 14.3 Å². The van der Waals surface area contributed by atoms with Crippen molar-refractivity contribution in [3.8, 4) is 5.75 Å². The van der Waals surface area contributed by atoms with Crippen LogP contribution in [0.5, 0.6) is 5.75 Å². The molecule has 0 fully saturated rings. The van der Waals surface area contributed by atoms with E-state index in [-0.39, 0.29) is 18.0 Å². The van der Waals surface area contributed by atoms with E-state index in [9.17, 15) is 9.59 Å². The fraction of sp³-hybridized carbons (Fsp3) is 0.333. The molecule has 0 aliphatic heterocycles. The molecule has 0 amide bonds. The summed E-state index contributed by atoms with van der Waals surface area (Å²) in [7, 11) is 2.86. The van der Waals surface area contributed by atoms with Gasteiger partial charge >= 0.3 is 5.97 Å². The zero-order valence-corrected chi connectivity index (χ0v) is 10.6. The van der Waals surface area contributed by atoms with E-state index in [1.54, 1.807) is 7.11 Å². The van der Waals surface area contributed by atoms with Crippen LogP contribution in [0.2, 0.25) is 0 Å². The highest BCUT2D eigenvalue weighted by atomic mass is 32.2. The van der Waals surface area contributed by atoms with Crippen LogP contribution in [0.15, 0.2) is 29.2 Å². The van der Waals surface area contributed by atoms with Crippen LogP contribution >= 0.6 is 11.8 Å². The third-order valence-corrected chi connectivity index (χ3v) is 3.06. The van der Waals surface area contributed by atoms with Crippen molar-refractivity contribution < 1.29 is 19.1 Å². The molecule has 0 aliphatic rings. The number of rotatable bonds is 6. The van der Waals surface area contributed by atoms with Crippen LogP contribution in [-0.4, -0.2) is 31.7 Å². The van der Waals surface area contributed by atoms with Crippen molar-refractivity contribution in [2.75, 3.05) is 20.0 Å². The highest BCUT2D eigenvalue weighted by Gasteiger charge is 2.09. The van der Waals surface area contributed by atoms with Crippen molar-refractivity contribution in [1.82, 2.24) is 0 Å². The number of benzene rings is 1. The molecule has 0 radical (unpaired) electrons. The van der Waals surface area contributed by atoms with E-state index in [1.165, 1.54) is 18.9 Å². The Labute approximate surface area is 104 Å². The Hall–Kier alpha value is -1.49. The van der Waals surface area contributed by atoms with E-state index in [4.69, 9.17) is 4.74 Å². The summed E-state index contributed by atoms with van der Waals surface area (Å²) >= 11 is 1.37. The topological polar surface area (TPSA) is 52.6 Å². The Morgan fingerprint density at radius 3 is 2.71 bits per heavy atom. The number of hydrogen-bond donors (Lipinski definition) is 0. The standard InChI is InChI=1S/C12H14O4S/c1-15-10-4-3-5-11(7-10)17-8-9(13)6-12(14)16-2/h3-5,7H,6,8H2,1-2H3. The molecule has 0 N–H and O–H groups in total. The van der Waals surface area contributed by atoms with Crippen LogP contribution in [0.3, 0.4) is 0 Å². The summed E-state index contributed by atoms with van der Waals surface area (Å²) in [5.41, 5.74) is 0. The van der Waals surface area contributed by atoms with Crippen molar-refractivity contribution in [3.63, 3.8) is 0 Å². The Morgan fingerprint density at radius 2 is 2.06 bits per heavy atom. The van der Waals surface area contributed by atoms with Crippen molar-refractivity contribution >= 4 is 23.5 Å². The van der Waals surface area contributed by atoms with Gasteiger partial charge in [-0.1, -0.05) is 6.07 Å². The number of carbonyl (C=O) groups excluding carboxylic acids is 2. The number of carbonyl (C=O) groups is 2. The average Bonchev–Trinajstić information content (AvgIpc) is 2.36. The molecule has 4 nitrogen and oxygen atoms in total. The zero-order valence-electron chi connectivity index (χ0n) is 9.76. The maximum Gasteiger partial charge on any atom is 0.313 e. The Kier molecular flexibility index (Phi) is 5.56. The normalized spacial score (nSPS) is 9.76. The van der Waals surface area contributed by atoms with E-state index in [2.05, 4.69) is 4.74 Å². The minimum absolute atomic E-state index is 0.148. The van der Waals surface area contributed by atoms with Crippen LogP contribution in [0.4, 0.5) is 0 Å². The number of ketones is 1. The first-order valence-corrected chi connectivity index (χ1v) is 5.99. The maximum absolute atomic E-state index is 11.4. The van der Waals surface area contributed by atoms with Gasteiger partial charge in [-0.15, -0.1) is 11.8 Å². The molecule has 0 unspecified atom stereocenters. The molecular weight excluding hydrogens is 240 g/mol. The van der Waals surface area contributed by atoms with Gasteiger partial charge in [0.05, 0.1) is 20.0 Å². The first-order chi connectivity index (χ1) is 8.15. The largest absolute Gasteiger partial charge is 0.497 e. The van der Waals surface area contributed by atoms with Crippen LogP contribution < -0.4 is 4.74 Å². The fourth-order valence-corrected chi connectivity index (χ4v) is 1.94. The van der Waals surface area contributed by atoms with Gasteiger partial charge in [0.1, 0.15) is 12.2 Å². The number of hydrogen-bond acceptors (Lipinski definition) is 5. The Balaban J connectivity index is 2.44. The molecule has 0 spiro atoms. The number of methoxy groups -OCH3 is 2. The first-order valence-electron chi connectivity index (χ1n) is 5.01. The minimum atomic E-state index is -0.499. The van der Waals surface area contributed by atoms with Crippen molar-refractivity contribution in [3.05, 3.63) is 24.3 Å². The number of esters is 1. The summed E-state index contributed by atoms with van der Waals surface area (Å²) in [5, 5.41) is 0. The minimum Gasteiger partial charge on any atom is -0.497 e. The Morgan fingerprint density at radius 1 is 1.29 bits per heavy atom. The van der Waals surface area contributed by atoms with Gasteiger partial charge in [-0.3, -0.25) is 9.59 Å². The van der Waals surface area contributed by atoms with E-state index in [0.29, 0.717) is 0 Å². The SMILES string of the molecule is COC(=O)CC(=O)CSc1cccc(OC)c1. The van der Waals surface area contributed by atoms with Crippen molar-refractivity contribution in [1.29, 1.82) is 0 Å². The van der Waals surface area contributed by atoms with E-state index < -0.39 is 5.97 Å². The van der Waals surface area contributed by atoms with E-state index in [1.807, 2.05) is 24.3 Å². The molecule has 0 saturated heterocycles. The van der Waals surface area contributed by atoms with Crippen molar-refractivity contribution in [2.45, 2.75) is 11.3 Å². The third kappa shape index (κ3) is 4.91. The second-order valence-electron chi connectivity index (χ2n) is 3.26. The monoisotopic (exact) mass is 254 g/mol. The summed E-state index contributed by atoms with van der Waals surface area (Å²) in [4.78, 5) is 23.2. The quantitative estimate of drug-likeness (QED) is 0.441. The van der Waals surface area contributed by atoms with Gasteiger partial charge in [-0.2, -0.15) is 0 Å². The van der Waals surface area contributed by atoms with Crippen LogP contribution in [0.25, 0.3) is 0 Å². The molecule has 0 bridgehead atoms. The lowest BCUT2D eigenvalue weighted by molar-refractivity contribution is -0.142. The summed E-state index contributed by atoms with van der Waals surface area (Å²) in [6.07, 6.45) is -0.173. The summed E-state index contributed by atoms with van der Waals surface area (Å²) in [5.74, 6) is 0.351. The highest BCUT2D eigenvalue weighted by Crippen LogP contribution is 2.22. The van der Waals surface area contributed by atoms with Gasteiger partial charge in [0.2, 0.25) is 0 Å². The molecular formula is C12H14O4S. The lowest BCUT2D eigenvalue weighted by atomic mass is 10.3. The molecule has 5 heteroatoms. The van der Waals surface area contributed by atoms with Crippen LogP contribution in [0, 0.1) is 0 Å². The molecule has 0 aliphatic carbocycles. The molecule has 0 heterocycles. The second-order valence-corrected chi connectivity index (χ2v) is 4.31. The van der Waals surface area contributed by atoms with Crippen molar-refractivity contribution in [2.24, 2.45) is 0 Å². The molecule has 0 atom stereocenters. The molecule has 0 aromatic heterocycles. The third-order valence-electron chi connectivity index (χ3n) is 2.01. The summed E-state index contributed by atoms with van der Waals surface area (Å²) < 4.78 is 9.49. The van der Waals surface area contributed by atoms with E-state index in [0.717, 1.165) is 10.6 Å². The van der Waals surface area contributed by atoms with Gasteiger partial charge in [0, 0.05) is 4.90 Å². The summed E-state index contributed by atoms with van der Waals surface area (Å²) in [6, 6.07) is 7.42. The zero-order chi connectivity index (χ0) is 12.7. The first kappa shape index (κ1) is 13.6. The van der Waals surface area contributed by atoms with Gasteiger partial charge in [-0.05, 0) is 18.2 Å². The lowest BCUT2D eigenvalue weighted by Crippen LogP contribution is -2.10. The molecule has 17 heavy (non-hydrogen) atoms. The van der Waals surface area contributed by atoms with E-state index >= 15 is 0 Å². The number of Topliss-reactive ketones (excluding diaryl/α,β-unsaturated/α-hetero) is 1. The van der Waals surface area contributed by atoms with Gasteiger partial charge in [0.15, 0.2) is 5.78 Å². The fourth-order valence-electron chi connectivity index (χ4n) is 1.14. The predicted molar refractivity (Wildman–Crippen MR) is 65.4 cm³/mol. The number of ether oxygens (including phenoxy) is 2. The maximum atomic E-state index is 11.4. The summed E-state index contributed by atoms with van der Waals surface area (Å²) in [6.45, 7) is 0. The van der Waals surface area contributed by atoms with Gasteiger partial charge in [-0.25, -0.2) is 0 Å². The Bertz CT molecular complexity index is 403. The van der Waals surface area contributed by atoms with Gasteiger partial charge in [0.25, 0.3) is 0 Å². The average molecular weight is 254 g/mol. The highest BCUT2D eigenvalue weighted by molar-refractivity contribution is 8.00. The molecule has 0 saturated carbocycles. The number of thioether (sulfide) groups is 1. The second kappa shape index (κ2) is 6.96. The molecule has 1 rings (SSSR count). The lowest BCUT2D eigenvalue weighted by Gasteiger charge is -2.03. The molecule has 1 aromatic carbocycles. The van der Waals surface area contributed by atoms with Gasteiger partial charge < -0.3 is 9.47 Å². The predicted octanol–water partition coefficient (Wildman–Crippen LogP) is 1.92.